The van der Waals surface area contributed by atoms with Crippen LogP contribution in [0.2, 0.25) is 0 Å². The van der Waals surface area contributed by atoms with E-state index in [0.717, 1.165) is 22.3 Å². The van der Waals surface area contributed by atoms with Crippen LogP contribution in [0.1, 0.15) is 18.7 Å². The summed E-state index contributed by atoms with van der Waals surface area (Å²) in [6.45, 7) is 2.03. The molecule has 0 saturated carbocycles. The summed E-state index contributed by atoms with van der Waals surface area (Å²) in [7, 11) is -1.64. The predicted octanol–water partition coefficient (Wildman–Crippen LogP) is 4.01. The van der Waals surface area contributed by atoms with Gasteiger partial charge in [0.1, 0.15) is 11.0 Å². The molecule has 5 aromatic rings. The normalized spacial score (nSPS) is 13.0. The van der Waals surface area contributed by atoms with Crippen LogP contribution in [-0.2, 0) is 11.0 Å². The fourth-order valence-electron chi connectivity index (χ4n) is 3.75. The van der Waals surface area contributed by atoms with Crippen LogP contribution in [0, 0.1) is 0 Å². The lowest BCUT2D eigenvalue weighted by molar-refractivity contribution is 0.684. The molecule has 0 saturated heterocycles. The van der Waals surface area contributed by atoms with E-state index in [4.69, 9.17) is 5.14 Å². The van der Waals surface area contributed by atoms with E-state index in [1.165, 1.54) is 6.20 Å². The van der Waals surface area contributed by atoms with E-state index < -0.39 is 11.0 Å². The van der Waals surface area contributed by atoms with Crippen LogP contribution in [0.4, 0.5) is 5.82 Å². The lowest BCUT2D eigenvalue weighted by Gasteiger charge is -2.16. The fourth-order valence-corrected chi connectivity index (χ4v) is 4.16. The Kier molecular flexibility index (Phi) is 5.64. The summed E-state index contributed by atoms with van der Waals surface area (Å²) in [5.41, 5.74) is 4.50. The molecule has 0 bridgehead atoms. The average molecular weight is 456 g/mol. The molecule has 0 amide bonds. The van der Waals surface area contributed by atoms with Crippen LogP contribution in [-0.4, -0.2) is 28.8 Å². The lowest BCUT2D eigenvalue weighted by Crippen LogP contribution is -2.12. The number of aromatic nitrogens is 5. The molecule has 0 fully saturated rings. The quantitative estimate of drug-likeness (QED) is 0.400. The van der Waals surface area contributed by atoms with Gasteiger partial charge in [-0.05, 0) is 36.8 Å². The van der Waals surface area contributed by atoms with Gasteiger partial charge < -0.3 is 5.32 Å². The Hall–Kier alpha value is -3.95. The molecule has 164 valence electrons. The first kappa shape index (κ1) is 20.9. The second kappa shape index (κ2) is 8.89. The molecule has 8 nitrogen and oxygen atoms in total. The van der Waals surface area contributed by atoms with Crippen molar-refractivity contribution in [2.24, 2.45) is 5.14 Å². The van der Waals surface area contributed by atoms with Crippen molar-refractivity contribution in [2.75, 3.05) is 5.32 Å². The number of hydrogen-bond donors (Lipinski definition) is 2. The summed E-state index contributed by atoms with van der Waals surface area (Å²) in [5.74, 6) is 1.20. The SMILES string of the molecule is CC(Nc1nnc(-c2cncc(S(N)=O)c2)n2ccc(-c3ccccc3)c12)c1ccccn1. The van der Waals surface area contributed by atoms with Crippen molar-refractivity contribution in [1.29, 1.82) is 0 Å². The number of nitrogens with one attached hydrogen (secondary N) is 1. The molecule has 5 rings (SSSR count). The van der Waals surface area contributed by atoms with Gasteiger partial charge in [-0.2, -0.15) is 0 Å². The highest BCUT2D eigenvalue weighted by molar-refractivity contribution is 7.82. The molecule has 0 aliphatic carbocycles. The van der Waals surface area contributed by atoms with Crippen LogP contribution < -0.4 is 10.5 Å². The molecule has 4 heterocycles. The minimum atomic E-state index is -1.64. The Labute approximate surface area is 193 Å². The summed E-state index contributed by atoms with van der Waals surface area (Å²) in [4.78, 5) is 9.05. The van der Waals surface area contributed by atoms with Crippen molar-refractivity contribution in [3.05, 3.63) is 91.1 Å². The van der Waals surface area contributed by atoms with Crippen molar-refractivity contribution < 1.29 is 4.21 Å². The number of hydrogen-bond acceptors (Lipinski definition) is 6. The summed E-state index contributed by atoms with van der Waals surface area (Å²) < 4.78 is 13.7. The Balaban J connectivity index is 1.68. The molecule has 3 N–H and O–H groups in total. The van der Waals surface area contributed by atoms with Gasteiger partial charge >= 0.3 is 0 Å². The van der Waals surface area contributed by atoms with E-state index in [0.29, 0.717) is 22.1 Å². The van der Waals surface area contributed by atoms with E-state index in [1.54, 1.807) is 18.5 Å². The lowest BCUT2D eigenvalue weighted by atomic mass is 10.1. The van der Waals surface area contributed by atoms with E-state index in [-0.39, 0.29) is 6.04 Å². The molecule has 4 aromatic heterocycles. The van der Waals surface area contributed by atoms with Crippen molar-refractivity contribution in [3.8, 4) is 22.5 Å². The number of rotatable bonds is 6. The van der Waals surface area contributed by atoms with Crippen molar-refractivity contribution in [1.82, 2.24) is 24.6 Å². The van der Waals surface area contributed by atoms with Gasteiger partial charge in [0, 0.05) is 35.9 Å². The summed E-state index contributed by atoms with van der Waals surface area (Å²) in [6, 6.07) is 19.6. The molecule has 0 radical (unpaired) electrons. The molecule has 0 spiro atoms. The van der Waals surface area contributed by atoms with Gasteiger partial charge in [0.05, 0.1) is 22.1 Å². The molecule has 33 heavy (non-hydrogen) atoms. The zero-order valence-corrected chi connectivity index (χ0v) is 18.6. The van der Waals surface area contributed by atoms with Gasteiger partial charge in [0.15, 0.2) is 11.6 Å². The topological polar surface area (TPSA) is 111 Å². The number of benzene rings is 1. The number of nitrogens with two attached hydrogens (primary N) is 1. The summed E-state index contributed by atoms with van der Waals surface area (Å²) in [5, 5.41) is 18.0. The van der Waals surface area contributed by atoms with E-state index in [1.807, 2.05) is 60.0 Å². The number of nitrogens with zero attached hydrogens (tertiary/aromatic N) is 5. The Morgan fingerprint density at radius 2 is 1.82 bits per heavy atom. The third-order valence-corrected chi connectivity index (χ3v) is 6.04. The highest BCUT2D eigenvalue weighted by atomic mass is 32.2. The van der Waals surface area contributed by atoms with Gasteiger partial charge in [0.2, 0.25) is 0 Å². The number of fused-ring (bicyclic) bond motifs is 1. The summed E-state index contributed by atoms with van der Waals surface area (Å²) in [6.07, 6.45) is 6.86. The molecular formula is C24H21N7OS. The first-order chi connectivity index (χ1) is 16.1. The van der Waals surface area contributed by atoms with E-state index in [2.05, 4.69) is 37.6 Å². The van der Waals surface area contributed by atoms with Gasteiger partial charge in [-0.15, -0.1) is 10.2 Å². The monoisotopic (exact) mass is 455 g/mol. The first-order valence-corrected chi connectivity index (χ1v) is 11.6. The van der Waals surface area contributed by atoms with Gasteiger partial charge in [-0.3, -0.25) is 14.4 Å². The highest BCUT2D eigenvalue weighted by Crippen LogP contribution is 2.33. The van der Waals surface area contributed by atoms with Gasteiger partial charge in [-0.1, -0.05) is 36.4 Å². The average Bonchev–Trinajstić information content (AvgIpc) is 3.31. The standard InChI is InChI=1S/C24H21N7OS/c1-16(21-9-5-6-11-27-21)28-23-22-20(17-7-3-2-4-8-17)10-12-31(22)24(30-29-23)18-13-19(33(25)32)15-26-14-18/h2-16H,25H2,1H3,(H,28,29). The molecule has 0 aliphatic rings. The zero-order valence-electron chi connectivity index (χ0n) is 17.8. The van der Waals surface area contributed by atoms with Crippen molar-refractivity contribution in [3.63, 3.8) is 0 Å². The number of anilines is 1. The minimum absolute atomic E-state index is 0.0849. The molecule has 9 heteroatoms. The van der Waals surface area contributed by atoms with Crippen LogP contribution in [0.15, 0.2) is 90.3 Å². The van der Waals surface area contributed by atoms with Crippen LogP contribution >= 0.6 is 0 Å². The minimum Gasteiger partial charge on any atom is -0.359 e. The molecule has 2 atom stereocenters. The predicted molar refractivity (Wildman–Crippen MR) is 129 cm³/mol. The largest absolute Gasteiger partial charge is 0.359 e. The van der Waals surface area contributed by atoms with E-state index in [9.17, 15) is 4.21 Å². The molecular weight excluding hydrogens is 434 g/mol. The molecule has 0 aliphatic heterocycles. The first-order valence-electron chi connectivity index (χ1n) is 10.3. The third kappa shape index (κ3) is 4.11. The van der Waals surface area contributed by atoms with Crippen molar-refractivity contribution in [2.45, 2.75) is 17.9 Å². The maximum Gasteiger partial charge on any atom is 0.174 e. The second-order valence-electron chi connectivity index (χ2n) is 7.51. The zero-order chi connectivity index (χ0) is 22.8. The summed E-state index contributed by atoms with van der Waals surface area (Å²) >= 11 is 0. The Morgan fingerprint density at radius 1 is 1.00 bits per heavy atom. The second-order valence-corrected chi connectivity index (χ2v) is 8.58. The number of pyridine rings is 2. The maximum absolute atomic E-state index is 11.8. The third-order valence-electron chi connectivity index (χ3n) is 5.36. The Bertz CT molecular complexity index is 1440. The van der Waals surface area contributed by atoms with Gasteiger partial charge in [0.25, 0.3) is 0 Å². The smallest absolute Gasteiger partial charge is 0.174 e. The Morgan fingerprint density at radius 3 is 2.58 bits per heavy atom. The highest BCUT2D eigenvalue weighted by Gasteiger charge is 2.19. The maximum atomic E-state index is 11.8. The fraction of sp³-hybridized carbons (Fsp3) is 0.0833. The van der Waals surface area contributed by atoms with Crippen LogP contribution in [0.5, 0.6) is 0 Å². The van der Waals surface area contributed by atoms with E-state index >= 15 is 0 Å². The van der Waals surface area contributed by atoms with Crippen molar-refractivity contribution >= 4 is 22.3 Å². The molecule has 2 unspecified atom stereocenters. The van der Waals surface area contributed by atoms with Gasteiger partial charge in [-0.25, -0.2) is 9.35 Å². The van der Waals surface area contributed by atoms with Crippen LogP contribution in [0.3, 0.4) is 0 Å². The molecule has 1 aromatic carbocycles. The van der Waals surface area contributed by atoms with Crippen LogP contribution in [0.25, 0.3) is 28.0 Å².